The fraction of sp³-hybridized carbons (Fsp3) is 0.111. The molecule has 0 aliphatic heterocycles. The van der Waals surface area contributed by atoms with Gasteiger partial charge in [0.1, 0.15) is 0 Å². The van der Waals surface area contributed by atoms with Crippen LogP contribution >= 0.6 is 0 Å². The summed E-state index contributed by atoms with van der Waals surface area (Å²) in [6, 6.07) is 8.25. The van der Waals surface area contributed by atoms with Crippen molar-refractivity contribution in [3.8, 4) is 16.8 Å². The van der Waals surface area contributed by atoms with Gasteiger partial charge in [-0.05, 0) is 23.3 Å². The molecule has 146 valence electrons. The Morgan fingerprint density at radius 3 is 2.00 bits per heavy atom. The van der Waals surface area contributed by atoms with Crippen LogP contribution in [-0.4, -0.2) is 20.9 Å². The number of aromatic carboxylic acids is 1. The first-order valence-corrected chi connectivity index (χ1v) is 7.66. The van der Waals surface area contributed by atoms with Crippen LogP contribution in [0.1, 0.15) is 21.5 Å². The fourth-order valence-corrected chi connectivity index (χ4v) is 2.89. The number of carbonyl (C=O) groups is 1. The van der Waals surface area contributed by atoms with Crippen molar-refractivity contribution in [3.63, 3.8) is 0 Å². The molecule has 1 heterocycles. The fourth-order valence-electron chi connectivity index (χ4n) is 2.89. The minimum Gasteiger partial charge on any atom is -0.478 e. The highest BCUT2D eigenvalue weighted by molar-refractivity contribution is 5.95. The third-order valence-electron chi connectivity index (χ3n) is 3.92. The van der Waals surface area contributed by atoms with Crippen molar-refractivity contribution in [2.24, 2.45) is 0 Å². The van der Waals surface area contributed by atoms with Gasteiger partial charge in [0.05, 0.1) is 22.4 Å². The van der Waals surface area contributed by atoms with Crippen molar-refractivity contribution in [1.82, 2.24) is 9.78 Å². The first kappa shape index (κ1) is 19.5. The van der Waals surface area contributed by atoms with Crippen LogP contribution in [0, 0.1) is 0 Å². The van der Waals surface area contributed by atoms with Gasteiger partial charge < -0.3 is 5.11 Å². The molecule has 28 heavy (non-hydrogen) atoms. The van der Waals surface area contributed by atoms with E-state index in [4.69, 9.17) is 0 Å². The second kappa shape index (κ2) is 6.70. The average Bonchev–Trinajstić information content (AvgIpc) is 3.13. The van der Waals surface area contributed by atoms with Crippen molar-refractivity contribution in [3.05, 3.63) is 71.5 Å². The number of nitrogens with zero attached hydrogens (tertiary/aromatic N) is 2. The van der Waals surface area contributed by atoms with Crippen molar-refractivity contribution >= 4 is 5.97 Å². The number of carboxylic acids is 1. The Hall–Kier alpha value is -3.30. The summed E-state index contributed by atoms with van der Waals surface area (Å²) in [5.74, 6) is -1.82. The molecule has 0 saturated carbocycles. The minimum atomic E-state index is -5.50. The van der Waals surface area contributed by atoms with Crippen LogP contribution in [0.2, 0.25) is 0 Å². The van der Waals surface area contributed by atoms with Gasteiger partial charge in [-0.3, -0.25) is 0 Å². The molecule has 1 aromatic heterocycles. The molecule has 0 spiro atoms. The van der Waals surface area contributed by atoms with Gasteiger partial charge in [-0.15, -0.1) is 0 Å². The van der Waals surface area contributed by atoms with Crippen LogP contribution < -0.4 is 0 Å². The van der Waals surface area contributed by atoms with Gasteiger partial charge in [0.25, 0.3) is 0 Å². The molecule has 1 N–H and O–H groups in total. The second-order valence-electron chi connectivity index (χ2n) is 5.69. The molecule has 10 heteroatoms. The minimum absolute atomic E-state index is 0.199. The van der Waals surface area contributed by atoms with Crippen LogP contribution in [0.5, 0.6) is 0 Å². The van der Waals surface area contributed by atoms with Crippen molar-refractivity contribution in [2.45, 2.75) is 12.4 Å². The number of hydrogen-bond donors (Lipinski definition) is 1. The summed E-state index contributed by atoms with van der Waals surface area (Å²) in [6.07, 6.45) is -8.93. The zero-order valence-electron chi connectivity index (χ0n) is 13.7. The van der Waals surface area contributed by atoms with Crippen molar-refractivity contribution in [2.75, 3.05) is 0 Å². The van der Waals surface area contributed by atoms with Crippen LogP contribution in [0.15, 0.2) is 54.9 Å². The molecule has 0 atom stereocenters. The normalized spacial score (nSPS) is 12.2. The number of carboxylic acid groups (broad SMARTS) is 1. The number of aromatic nitrogens is 2. The SMILES string of the molecule is O=C(O)c1cc(-c2ccccc2)c(C(F)(F)F)c(C(F)(F)F)c1-n1cccn1. The standard InChI is InChI=1S/C18H10F6N2O2/c19-17(20,21)13-11(10-5-2-1-3-6-10)9-12(16(27)28)15(14(13)18(22,23)24)26-8-4-7-25-26/h1-9H,(H,27,28). The molecule has 0 fully saturated rings. The van der Waals surface area contributed by atoms with E-state index in [1.165, 1.54) is 36.4 Å². The molecule has 3 aromatic rings. The third-order valence-corrected chi connectivity index (χ3v) is 3.92. The summed E-state index contributed by atoms with van der Waals surface area (Å²) >= 11 is 0. The van der Waals surface area contributed by atoms with Gasteiger partial charge in [-0.1, -0.05) is 30.3 Å². The summed E-state index contributed by atoms with van der Waals surface area (Å²) in [7, 11) is 0. The van der Waals surface area contributed by atoms with Gasteiger partial charge in [0, 0.05) is 12.4 Å². The summed E-state index contributed by atoms with van der Waals surface area (Å²) in [6.45, 7) is 0. The molecule has 0 radical (unpaired) electrons. The number of alkyl halides is 6. The maximum atomic E-state index is 13.8. The highest BCUT2D eigenvalue weighted by Crippen LogP contribution is 2.48. The lowest BCUT2D eigenvalue weighted by molar-refractivity contribution is -0.161. The molecule has 0 aliphatic carbocycles. The quantitative estimate of drug-likeness (QED) is 0.609. The van der Waals surface area contributed by atoms with E-state index in [2.05, 4.69) is 5.10 Å². The second-order valence-corrected chi connectivity index (χ2v) is 5.69. The molecular weight excluding hydrogens is 390 g/mol. The molecule has 0 saturated heterocycles. The zero-order valence-corrected chi connectivity index (χ0v) is 13.7. The Morgan fingerprint density at radius 1 is 0.929 bits per heavy atom. The number of rotatable bonds is 3. The maximum absolute atomic E-state index is 13.8. The molecule has 3 rings (SSSR count). The van der Waals surface area contributed by atoms with E-state index in [0.29, 0.717) is 10.7 Å². The average molecular weight is 400 g/mol. The Bertz CT molecular complexity index is 1010. The topological polar surface area (TPSA) is 55.1 Å². The van der Waals surface area contributed by atoms with Crippen molar-refractivity contribution < 1.29 is 36.2 Å². The van der Waals surface area contributed by atoms with Crippen LogP contribution in [0.4, 0.5) is 26.3 Å². The smallest absolute Gasteiger partial charge is 0.419 e. The zero-order chi connectivity index (χ0) is 20.7. The van der Waals surface area contributed by atoms with Crippen LogP contribution in [0.25, 0.3) is 16.8 Å². The number of halogens is 6. The van der Waals surface area contributed by atoms with Gasteiger partial charge >= 0.3 is 18.3 Å². The molecule has 4 nitrogen and oxygen atoms in total. The monoisotopic (exact) mass is 400 g/mol. The third kappa shape index (κ3) is 3.45. The lowest BCUT2D eigenvalue weighted by Gasteiger charge is -2.24. The molecule has 0 amide bonds. The first-order chi connectivity index (χ1) is 13.0. The van der Waals surface area contributed by atoms with Crippen LogP contribution in [0.3, 0.4) is 0 Å². The highest BCUT2D eigenvalue weighted by atomic mass is 19.4. The summed E-state index contributed by atoms with van der Waals surface area (Å²) in [5.41, 5.74) is -7.31. The molecule has 0 bridgehead atoms. The van der Waals surface area contributed by atoms with E-state index in [9.17, 15) is 36.2 Å². The highest BCUT2D eigenvalue weighted by Gasteiger charge is 2.48. The Balaban J connectivity index is 2.58. The van der Waals surface area contributed by atoms with E-state index in [1.807, 2.05) is 0 Å². The van der Waals surface area contributed by atoms with Crippen LogP contribution in [-0.2, 0) is 12.4 Å². The van der Waals surface area contributed by atoms with Gasteiger partial charge in [-0.25, -0.2) is 9.48 Å². The lowest BCUT2D eigenvalue weighted by Crippen LogP contribution is -2.23. The predicted molar refractivity (Wildman–Crippen MR) is 86.0 cm³/mol. The van der Waals surface area contributed by atoms with Gasteiger partial charge in [-0.2, -0.15) is 31.4 Å². The largest absolute Gasteiger partial charge is 0.478 e. The lowest BCUT2D eigenvalue weighted by atomic mass is 9.90. The summed E-state index contributed by atoms with van der Waals surface area (Å²) in [4.78, 5) is 11.7. The molecular formula is C18H10F6N2O2. The predicted octanol–water partition coefficient (Wildman–Crippen LogP) is 5.28. The van der Waals surface area contributed by atoms with Gasteiger partial charge in [0.15, 0.2) is 0 Å². The Kier molecular flexibility index (Phi) is 4.66. The van der Waals surface area contributed by atoms with E-state index in [0.717, 1.165) is 12.4 Å². The number of benzene rings is 2. The van der Waals surface area contributed by atoms with E-state index < -0.39 is 46.3 Å². The van der Waals surface area contributed by atoms with E-state index >= 15 is 0 Å². The molecule has 0 unspecified atom stereocenters. The summed E-state index contributed by atoms with van der Waals surface area (Å²) in [5, 5.41) is 12.9. The summed E-state index contributed by atoms with van der Waals surface area (Å²) < 4.78 is 83.4. The number of hydrogen-bond acceptors (Lipinski definition) is 2. The Morgan fingerprint density at radius 2 is 1.54 bits per heavy atom. The van der Waals surface area contributed by atoms with E-state index in [1.54, 1.807) is 0 Å². The molecule has 0 aliphatic rings. The van der Waals surface area contributed by atoms with E-state index in [-0.39, 0.29) is 5.56 Å². The van der Waals surface area contributed by atoms with Crippen molar-refractivity contribution in [1.29, 1.82) is 0 Å². The first-order valence-electron chi connectivity index (χ1n) is 7.66. The molecule has 2 aromatic carbocycles. The maximum Gasteiger partial charge on any atom is 0.419 e. The Labute approximate surface area is 153 Å². The van der Waals surface area contributed by atoms with Gasteiger partial charge in [0.2, 0.25) is 0 Å².